The first-order chi connectivity index (χ1) is 8.51. The summed E-state index contributed by atoms with van der Waals surface area (Å²) in [6, 6.07) is 5.70. The molecule has 0 atom stereocenters. The Hall–Kier alpha value is -1.34. The first kappa shape index (κ1) is 14.7. The maximum absolute atomic E-state index is 10.8. The molecule has 1 heterocycles. The number of nitrogens with zero attached hydrogens (tertiary/aromatic N) is 1. The molecule has 0 saturated carbocycles. The van der Waals surface area contributed by atoms with Gasteiger partial charge >= 0.3 is 0 Å². The van der Waals surface area contributed by atoms with Crippen LogP contribution in [0.5, 0.6) is 0 Å². The second-order valence-corrected chi connectivity index (χ2v) is 5.72. The average Bonchev–Trinajstić information content (AvgIpc) is 2.28. The minimum absolute atomic E-state index is 0.429. The number of pyridine rings is 1. The molecule has 1 aromatic heterocycles. The Bertz CT molecular complexity index is 462. The Balaban J connectivity index is 2.28. The van der Waals surface area contributed by atoms with Gasteiger partial charge in [0, 0.05) is 19.6 Å². The zero-order valence-electron chi connectivity index (χ0n) is 10.7. The van der Waals surface area contributed by atoms with E-state index in [0.29, 0.717) is 19.5 Å². The molecule has 0 spiro atoms. The first-order valence-corrected chi connectivity index (χ1v) is 7.80. The molecule has 0 amide bonds. The highest BCUT2D eigenvalue weighted by Gasteiger charge is 1.99. The molecule has 0 bridgehead atoms. The number of hydrogen-bond donors (Lipinski definition) is 3. The van der Waals surface area contributed by atoms with Gasteiger partial charge in [0.15, 0.2) is 0 Å². The Morgan fingerprint density at radius 3 is 2.44 bits per heavy atom. The van der Waals surface area contributed by atoms with Crippen LogP contribution in [0.2, 0.25) is 0 Å². The number of rotatable bonds is 8. The second kappa shape index (κ2) is 7.17. The lowest BCUT2D eigenvalue weighted by molar-refractivity contribution is 0.586. The standard InChI is InChI=1S/C11H20N4O2S/c1-3-12-10-6-4-7-11(15-10)13-8-5-9-14-18(2,16)17/h4,6-7,14H,3,5,8-9H2,1-2H3,(H2,12,13,15). The average molecular weight is 272 g/mol. The van der Waals surface area contributed by atoms with Crippen LogP contribution in [0.15, 0.2) is 18.2 Å². The van der Waals surface area contributed by atoms with Crippen molar-refractivity contribution in [3.8, 4) is 0 Å². The number of anilines is 2. The van der Waals surface area contributed by atoms with E-state index < -0.39 is 10.0 Å². The number of aromatic nitrogens is 1. The minimum Gasteiger partial charge on any atom is -0.370 e. The molecule has 0 radical (unpaired) electrons. The van der Waals surface area contributed by atoms with Crippen molar-refractivity contribution in [1.82, 2.24) is 9.71 Å². The van der Waals surface area contributed by atoms with Crippen LogP contribution in [0.4, 0.5) is 11.6 Å². The predicted octanol–water partition coefficient (Wildman–Crippen LogP) is 0.865. The van der Waals surface area contributed by atoms with Gasteiger partial charge < -0.3 is 10.6 Å². The third-order valence-electron chi connectivity index (χ3n) is 2.13. The van der Waals surface area contributed by atoms with Gasteiger partial charge in [0.25, 0.3) is 0 Å². The van der Waals surface area contributed by atoms with Crippen molar-refractivity contribution in [2.75, 3.05) is 36.5 Å². The van der Waals surface area contributed by atoms with Crippen molar-refractivity contribution in [3.05, 3.63) is 18.2 Å². The highest BCUT2D eigenvalue weighted by Crippen LogP contribution is 2.08. The van der Waals surface area contributed by atoms with Crippen LogP contribution in [-0.2, 0) is 10.0 Å². The second-order valence-electron chi connectivity index (χ2n) is 3.89. The topological polar surface area (TPSA) is 83.1 Å². The van der Waals surface area contributed by atoms with Gasteiger partial charge in [0.2, 0.25) is 10.0 Å². The Labute approximate surface area is 108 Å². The normalized spacial score (nSPS) is 11.2. The van der Waals surface area contributed by atoms with E-state index in [-0.39, 0.29) is 0 Å². The third kappa shape index (κ3) is 6.41. The highest BCUT2D eigenvalue weighted by atomic mass is 32.2. The molecule has 0 aliphatic rings. The van der Waals surface area contributed by atoms with Crippen LogP contribution >= 0.6 is 0 Å². The highest BCUT2D eigenvalue weighted by molar-refractivity contribution is 7.88. The summed E-state index contributed by atoms with van der Waals surface area (Å²) in [7, 11) is -3.09. The Morgan fingerprint density at radius 1 is 1.17 bits per heavy atom. The molecule has 0 saturated heterocycles. The summed E-state index contributed by atoms with van der Waals surface area (Å²) in [6.45, 7) is 3.94. The molecule has 6 nitrogen and oxygen atoms in total. The summed E-state index contributed by atoms with van der Waals surface area (Å²) in [5.41, 5.74) is 0. The summed E-state index contributed by atoms with van der Waals surface area (Å²) in [6.07, 6.45) is 1.86. The molecule has 1 rings (SSSR count). The maximum Gasteiger partial charge on any atom is 0.208 e. The predicted molar refractivity (Wildman–Crippen MR) is 74.4 cm³/mol. The Kier molecular flexibility index (Phi) is 5.87. The fourth-order valence-electron chi connectivity index (χ4n) is 1.38. The van der Waals surface area contributed by atoms with Gasteiger partial charge in [-0.3, -0.25) is 0 Å². The van der Waals surface area contributed by atoms with E-state index in [4.69, 9.17) is 0 Å². The van der Waals surface area contributed by atoms with Crippen LogP contribution in [0, 0.1) is 0 Å². The number of nitrogens with one attached hydrogen (secondary N) is 3. The lowest BCUT2D eigenvalue weighted by Gasteiger charge is -2.08. The summed E-state index contributed by atoms with van der Waals surface area (Å²) >= 11 is 0. The van der Waals surface area contributed by atoms with Crippen LogP contribution < -0.4 is 15.4 Å². The van der Waals surface area contributed by atoms with Crippen LogP contribution in [0.25, 0.3) is 0 Å². The van der Waals surface area contributed by atoms with E-state index in [1.807, 2.05) is 25.1 Å². The summed E-state index contributed by atoms with van der Waals surface area (Å²) in [5.74, 6) is 1.62. The van der Waals surface area contributed by atoms with E-state index in [1.165, 1.54) is 0 Å². The number of hydrogen-bond acceptors (Lipinski definition) is 5. The van der Waals surface area contributed by atoms with Gasteiger partial charge in [-0.15, -0.1) is 0 Å². The largest absolute Gasteiger partial charge is 0.370 e. The van der Waals surface area contributed by atoms with Gasteiger partial charge in [-0.1, -0.05) is 6.07 Å². The molecule has 0 aliphatic heterocycles. The molecule has 102 valence electrons. The van der Waals surface area contributed by atoms with Gasteiger partial charge in [0.1, 0.15) is 11.6 Å². The lowest BCUT2D eigenvalue weighted by atomic mass is 10.4. The molecule has 0 unspecified atom stereocenters. The van der Waals surface area contributed by atoms with Crippen molar-refractivity contribution in [2.45, 2.75) is 13.3 Å². The summed E-state index contributed by atoms with van der Waals surface area (Å²) in [5, 5.41) is 6.27. The molecule has 0 aromatic carbocycles. The van der Waals surface area contributed by atoms with Crippen molar-refractivity contribution >= 4 is 21.7 Å². The molecule has 7 heteroatoms. The fourth-order valence-corrected chi connectivity index (χ4v) is 1.89. The van der Waals surface area contributed by atoms with Gasteiger partial charge in [-0.2, -0.15) is 0 Å². The van der Waals surface area contributed by atoms with E-state index in [0.717, 1.165) is 24.4 Å². The Morgan fingerprint density at radius 2 is 1.83 bits per heavy atom. The van der Waals surface area contributed by atoms with Gasteiger partial charge in [-0.25, -0.2) is 18.1 Å². The van der Waals surface area contributed by atoms with Crippen molar-refractivity contribution in [3.63, 3.8) is 0 Å². The van der Waals surface area contributed by atoms with Crippen molar-refractivity contribution in [2.24, 2.45) is 0 Å². The third-order valence-corrected chi connectivity index (χ3v) is 2.86. The van der Waals surface area contributed by atoms with E-state index in [1.54, 1.807) is 0 Å². The zero-order chi connectivity index (χ0) is 13.4. The molecule has 0 fully saturated rings. The first-order valence-electron chi connectivity index (χ1n) is 5.90. The van der Waals surface area contributed by atoms with Crippen LogP contribution in [0.1, 0.15) is 13.3 Å². The van der Waals surface area contributed by atoms with E-state index in [2.05, 4.69) is 20.3 Å². The number of sulfonamides is 1. The summed E-state index contributed by atoms with van der Waals surface area (Å²) < 4.78 is 24.1. The molecular formula is C11H20N4O2S. The smallest absolute Gasteiger partial charge is 0.208 e. The SMILES string of the molecule is CCNc1cccc(NCCCNS(C)(=O)=O)n1. The van der Waals surface area contributed by atoms with E-state index in [9.17, 15) is 8.42 Å². The molecule has 18 heavy (non-hydrogen) atoms. The molecule has 0 aliphatic carbocycles. The van der Waals surface area contributed by atoms with Crippen molar-refractivity contribution < 1.29 is 8.42 Å². The quantitative estimate of drug-likeness (QED) is 0.612. The summed E-state index contributed by atoms with van der Waals surface area (Å²) in [4.78, 5) is 4.35. The molecule has 3 N–H and O–H groups in total. The van der Waals surface area contributed by atoms with Crippen molar-refractivity contribution in [1.29, 1.82) is 0 Å². The van der Waals surface area contributed by atoms with E-state index >= 15 is 0 Å². The minimum atomic E-state index is -3.09. The molecule has 1 aromatic rings. The monoisotopic (exact) mass is 272 g/mol. The van der Waals surface area contributed by atoms with Crippen LogP contribution in [-0.4, -0.2) is 39.3 Å². The van der Waals surface area contributed by atoms with Crippen LogP contribution in [0.3, 0.4) is 0 Å². The lowest BCUT2D eigenvalue weighted by Crippen LogP contribution is -2.24. The molecular weight excluding hydrogens is 252 g/mol. The van der Waals surface area contributed by atoms with Gasteiger partial charge in [-0.05, 0) is 25.5 Å². The zero-order valence-corrected chi connectivity index (χ0v) is 11.5. The fraction of sp³-hybridized carbons (Fsp3) is 0.545. The maximum atomic E-state index is 10.8. The van der Waals surface area contributed by atoms with Gasteiger partial charge in [0.05, 0.1) is 6.26 Å².